The number of hydrogen-bond donors (Lipinski definition) is 7. The van der Waals surface area contributed by atoms with E-state index in [2.05, 4.69) is 10.7 Å². The van der Waals surface area contributed by atoms with Crippen molar-refractivity contribution in [3.8, 4) is 0 Å². The fraction of sp³-hybridized carbons (Fsp3) is 0.857. The average Bonchev–Trinajstić information content (AvgIpc) is 3.09. The molecule has 0 aromatic carbocycles. The van der Waals surface area contributed by atoms with Gasteiger partial charge in [0.15, 0.2) is 0 Å². The van der Waals surface area contributed by atoms with Crippen molar-refractivity contribution < 1.29 is 44.7 Å². The second-order valence-electron chi connectivity index (χ2n) is 9.54. The van der Waals surface area contributed by atoms with Gasteiger partial charge in [0.05, 0.1) is 25.9 Å². The molecule has 2 heterocycles. The maximum Gasteiger partial charge on any atom is 0.220 e. The molecule has 0 aliphatic carbocycles. The zero-order valence-corrected chi connectivity index (χ0v) is 20.2. The Balaban J connectivity index is 2.59. The Kier molecular flexibility index (Phi) is 9.67. The van der Waals surface area contributed by atoms with Gasteiger partial charge in [0, 0.05) is 27.1 Å². The first-order valence-electron chi connectivity index (χ1n) is 11.3. The normalized spacial score (nSPS) is 35.2. The highest BCUT2D eigenvalue weighted by Gasteiger charge is 2.66. The number of nitrogens with one attached hydrogen (secondary N) is 2. The molecule has 2 unspecified atom stereocenters. The van der Waals surface area contributed by atoms with Gasteiger partial charge in [-0.05, 0) is 12.3 Å². The van der Waals surface area contributed by atoms with Gasteiger partial charge in [-0.3, -0.25) is 19.3 Å². The summed E-state index contributed by atoms with van der Waals surface area (Å²) < 4.78 is 5.87. The summed E-state index contributed by atoms with van der Waals surface area (Å²) in [5, 5.41) is 55.6. The molecule has 13 nitrogen and oxygen atoms in total. The van der Waals surface area contributed by atoms with Crippen LogP contribution in [0.2, 0.25) is 0 Å². The zero-order chi connectivity index (χ0) is 26.0. The molecular weight excluding hydrogens is 452 g/mol. The molecule has 0 aromatic rings. The summed E-state index contributed by atoms with van der Waals surface area (Å²) in [6.07, 6.45) is -6.83. The molecule has 2 rings (SSSR count). The lowest BCUT2D eigenvalue weighted by Gasteiger charge is -2.49. The summed E-state index contributed by atoms with van der Waals surface area (Å²) in [4.78, 5) is 40.1. The number of rotatable bonds is 10. The van der Waals surface area contributed by atoms with E-state index in [-0.39, 0.29) is 19.0 Å². The van der Waals surface area contributed by atoms with Crippen LogP contribution in [-0.2, 0) is 19.1 Å². The van der Waals surface area contributed by atoms with Crippen molar-refractivity contribution in [2.75, 3.05) is 34.0 Å². The number of ether oxygens (including phenoxy) is 1. The van der Waals surface area contributed by atoms with Gasteiger partial charge in [-0.2, -0.15) is 0 Å². The Morgan fingerprint density at radius 2 is 1.74 bits per heavy atom. The fourth-order valence-electron chi connectivity index (χ4n) is 4.79. The van der Waals surface area contributed by atoms with Crippen LogP contribution in [0.3, 0.4) is 0 Å². The minimum Gasteiger partial charge on any atom is -0.395 e. The van der Waals surface area contributed by atoms with Gasteiger partial charge in [-0.25, -0.2) is 10.4 Å². The topological polar surface area (TPSA) is 192 Å². The third-order valence-electron chi connectivity index (χ3n) is 6.48. The van der Waals surface area contributed by atoms with Crippen molar-refractivity contribution in [2.45, 2.75) is 75.3 Å². The minimum atomic E-state index is -1.94. The number of aliphatic hydroxyl groups is 5. The monoisotopic (exact) mass is 490 g/mol. The van der Waals surface area contributed by atoms with Crippen molar-refractivity contribution in [2.24, 2.45) is 5.92 Å². The van der Waals surface area contributed by atoms with Crippen LogP contribution in [0.25, 0.3) is 0 Å². The molecule has 2 aliphatic heterocycles. The number of ketones is 2. The van der Waals surface area contributed by atoms with E-state index in [1.165, 1.54) is 16.8 Å². The smallest absolute Gasteiger partial charge is 0.220 e. The number of aliphatic hydroxyl groups excluding tert-OH is 5. The molecule has 1 spiro atoms. The highest BCUT2D eigenvalue weighted by atomic mass is 16.6. The summed E-state index contributed by atoms with van der Waals surface area (Å²) in [5.74, 6) is -2.52. The Labute approximate surface area is 198 Å². The summed E-state index contributed by atoms with van der Waals surface area (Å²) in [7, 11) is 3.32. The van der Waals surface area contributed by atoms with Gasteiger partial charge in [0.25, 0.3) is 0 Å². The lowest BCUT2D eigenvalue weighted by Crippen LogP contribution is -2.71. The number of Topliss-reactive ketones (excluding diaryl/α,β-unsaturated/α-hetero) is 2. The van der Waals surface area contributed by atoms with Crippen LogP contribution < -0.4 is 10.7 Å². The van der Waals surface area contributed by atoms with Gasteiger partial charge in [0.1, 0.15) is 36.1 Å². The van der Waals surface area contributed by atoms with Crippen LogP contribution in [-0.4, -0.2) is 135 Å². The van der Waals surface area contributed by atoms with Crippen molar-refractivity contribution in [1.29, 1.82) is 0 Å². The van der Waals surface area contributed by atoms with Crippen LogP contribution in [0.15, 0.2) is 0 Å². The standard InChI is InChI=1S/C21H38N4O9/c1-10(2)14(23-24(4)5)16(30)17(31)19-21(6-12(7-26)25(19)9-22-11(3)28)20(33)18(32)15(29)13(8-27)34-21/h10,12-15,18-20,23,26-27,29,32-33H,6-9H2,1-5H3,(H,22,28)/t12-,13?,14+,15+,18+,19-,20?,21+/m1/s1. The van der Waals surface area contributed by atoms with Crippen LogP contribution in [0.4, 0.5) is 0 Å². The van der Waals surface area contributed by atoms with Crippen LogP contribution >= 0.6 is 0 Å². The van der Waals surface area contributed by atoms with Crippen molar-refractivity contribution >= 4 is 17.5 Å². The second-order valence-corrected chi connectivity index (χ2v) is 9.54. The first kappa shape index (κ1) is 28.7. The summed E-state index contributed by atoms with van der Waals surface area (Å²) in [6, 6.07) is -3.30. The molecule has 2 saturated heterocycles. The SMILES string of the molecule is CC(=O)NCN1[C@@H](CO)C[C@]2(OC(CO)[C@H](O)[C@H](O)C2O)[C@H]1C(=O)C(=O)[C@@H](NN(C)C)C(C)C. The van der Waals surface area contributed by atoms with E-state index in [0.29, 0.717) is 0 Å². The molecule has 34 heavy (non-hydrogen) atoms. The number of likely N-dealkylation sites (tertiary alicyclic amines) is 1. The van der Waals surface area contributed by atoms with E-state index in [1.54, 1.807) is 27.9 Å². The minimum absolute atomic E-state index is 0.207. The maximum atomic E-state index is 13.7. The molecular formula is C21H38N4O9. The van der Waals surface area contributed by atoms with Gasteiger partial charge in [-0.15, -0.1) is 0 Å². The lowest BCUT2D eigenvalue weighted by atomic mass is 9.76. The van der Waals surface area contributed by atoms with E-state index in [4.69, 9.17) is 4.74 Å². The van der Waals surface area contributed by atoms with Gasteiger partial charge >= 0.3 is 0 Å². The highest BCUT2D eigenvalue weighted by molar-refractivity contribution is 6.41. The Bertz CT molecular complexity index is 750. The summed E-state index contributed by atoms with van der Waals surface area (Å²) >= 11 is 0. The van der Waals surface area contributed by atoms with E-state index in [0.717, 1.165) is 0 Å². The number of hydrogen-bond acceptors (Lipinski definition) is 12. The Morgan fingerprint density at radius 3 is 2.21 bits per heavy atom. The molecule has 0 bridgehead atoms. The average molecular weight is 491 g/mol. The molecule has 13 heteroatoms. The van der Waals surface area contributed by atoms with E-state index >= 15 is 0 Å². The van der Waals surface area contributed by atoms with Crippen molar-refractivity contribution in [3.63, 3.8) is 0 Å². The zero-order valence-electron chi connectivity index (χ0n) is 20.2. The molecule has 0 saturated carbocycles. The van der Waals surface area contributed by atoms with E-state index in [9.17, 15) is 39.9 Å². The number of carbonyl (C=O) groups excluding carboxylic acids is 3. The second kappa shape index (κ2) is 11.5. The van der Waals surface area contributed by atoms with Crippen LogP contribution in [0.1, 0.15) is 27.2 Å². The maximum absolute atomic E-state index is 13.7. The Hall–Kier alpha value is -1.55. The molecule has 1 amide bonds. The van der Waals surface area contributed by atoms with Crippen molar-refractivity contribution in [1.82, 2.24) is 20.7 Å². The third kappa shape index (κ3) is 5.48. The van der Waals surface area contributed by atoms with E-state index in [1.807, 2.05) is 0 Å². The molecule has 0 radical (unpaired) electrons. The number of nitrogens with zero attached hydrogens (tertiary/aromatic N) is 2. The third-order valence-corrected chi connectivity index (χ3v) is 6.48. The summed E-state index contributed by atoms with van der Waals surface area (Å²) in [6.45, 7) is 3.26. The predicted octanol–water partition coefficient (Wildman–Crippen LogP) is -4.04. The largest absolute Gasteiger partial charge is 0.395 e. The molecule has 8 atom stereocenters. The molecule has 7 N–H and O–H groups in total. The Morgan fingerprint density at radius 1 is 1.12 bits per heavy atom. The van der Waals surface area contributed by atoms with Gasteiger partial charge in [0.2, 0.25) is 17.5 Å². The first-order chi connectivity index (χ1) is 15.8. The predicted molar refractivity (Wildman–Crippen MR) is 118 cm³/mol. The lowest BCUT2D eigenvalue weighted by molar-refractivity contribution is -0.277. The molecule has 196 valence electrons. The van der Waals surface area contributed by atoms with Gasteiger partial charge < -0.3 is 35.6 Å². The number of amides is 1. The molecule has 2 aliphatic rings. The number of hydrazine groups is 1. The highest BCUT2D eigenvalue weighted by Crippen LogP contribution is 2.45. The molecule has 2 fully saturated rings. The fourth-order valence-corrected chi connectivity index (χ4v) is 4.79. The number of carbonyl (C=O) groups is 3. The first-order valence-corrected chi connectivity index (χ1v) is 11.3. The van der Waals surface area contributed by atoms with Gasteiger partial charge in [-0.1, -0.05) is 13.8 Å². The van der Waals surface area contributed by atoms with E-state index < -0.39 is 78.8 Å². The van der Waals surface area contributed by atoms with Crippen LogP contribution in [0.5, 0.6) is 0 Å². The quantitative estimate of drug-likeness (QED) is 0.116. The summed E-state index contributed by atoms with van der Waals surface area (Å²) in [5.41, 5.74) is 0.964. The molecule has 0 aromatic heterocycles. The van der Waals surface area contributed by atoms with Crippen molar-refractivity contribution in [3.05, 3.63) is 0 Å². The van der Waals surface area contributed by atoms with Crippen LogP contribution in [0, 0.1) is 5.92 Å².